The Bertz CT molecular complexity index is 952. The summed E-state index contributed by atoms with van der Waals surface area (Å²) in [5.41, 5.74) is 3.70. The first-order chi connectivity index (χ1) is 13.6. The topological polar surface area (TPSA) is 105 Å². The molecule has 0 fully saturated rings. The third-order valence-electron chi connectivity index (χ3n) is 3.95. The molecule has 2 amide bonds. The monoisotopic (exact) mass is 380 g/mol. The molecule has 3 aromatic rings. The molecule has 0 saturated carbocycles. The van der Waals surface area contributed by atoms with Crippen molar-refractivity contribution in [2.24, 2.45) is 0 Å². The van der Waals surface area contributed by atoms with E-state index in [4.69, 9.17) is 9.94 Å². The molecule has 0 atom stereocenters. The molecule has 0 spiro atoms. The van der Waals surface area contributed by atoms with Gasteiger partial charge in [-0.1, -0.05) is 30.3 Å². The first-order valence-corrected chi connectivity index (χ1v) is 8.71. The molecule has 0 saturated heterocycles. The molecular weight excluding hydrogens is 360 g/mol. The SMILES string of the molecule is CCOc1cc(C(=O)Nc2ccccc2)nn1Cc1ccc(C(=O)NO)cc1. The predicted octanol–water partition coefficient (Wildman–Crippen LogP) is 2.70. The molecule has 0 bridgehead atoms. The van der Waals surface area contributed by atoms with Gasteiger partial charge in [-0.05, 0) is 36.8 Å². The molecular formula is C20H20N4O4. The highest BCUT2D eigenvalue weighted by atomic mass is 16.5. The Morgan fingerprint density at radius 3 is 2.43 bits per heavy atom. The molecule has 0 aliphatic heterocycles. The second-order valence-corrected chi connectivity index (χ2v) is 5.92. The lowest BCUT2D eigenvalue weighted by Gasteiger charge is -2.08. The van der Waals surface area contributed by atoms with E-state index in [-0.39, 0.29) is 11.6 Å². The summed E-state index contributed by atoms with van der Waals surface area (Å²) in [5, 5.41) is 15.8. The Labute approximate surface area is 161 Å². The Morgan fingerprint density at radius 2 is 1.79 bits per heavy atom. The van der Waals surface area contributed by atoms with Crippen molar-refractivity contribution in [3.8, 4) is 5.88 Å². The molecule has 2 aromatic carbocycles. The number of aromatic nitrogens is 2. The minimum atomic E-state index is -0.583. The number of hydroxylamine groups is 1. The zero-order chi connectivity index (χ0) is 19.9. The molecule has 1 aromatic heterocycles. The number of rotatable bonds is 7. The van der Waals surface area contributed by atoms with Crippen LogP contribution in [-0.2, 0) is 6.54 Å². The predicted molar refractivity (Wildman–Crippen MR) is 103 cm³/mol. The van der Waals surface area contributed by atoms with Crippen LogP contribution in [0.5, 0.6) is 5.88 Å². The minimum Gasteiger partial charge on any atom is -0.478 e. The van der Waals surface area contributed by atoms with Gasteiger partial charge in [0.05, 0.1) is 13.2 Å². The summed E-state index contributed by atoms with van der Waals surface area (Å²) in [5.74, 6) is -0.445. The van der Waals surface area contributed by atoms with Gasteiger partial charge in [0.2, 0.25) is 5.88 Å². The Balaban J connectivity index is 1.78. The molecule has 0 unspecified atom stereocenters. The van der Waals surface area contributed by atoms with Crippen LogP contribution in [0.15, 0.2) is 60.7 Å². The van der Waals surface area contributed by atoms with Gasteiger partial charge in [0.1, 0.15) is 0 Å². The number of hydrogen-bond acceptors (Lipinski definition) is 5. The van der Waals surface area contributed by atoms with Crippen LogP contribution in [0.1, 0.15) is 33.3 Å². The van der Waals surface area contributed by atoms with E-state index in [0.717, 1.165) is 5.56 Å². The second kappa shape index (κ2) is 8.83. The van der Waals surface area contributed by atoms with E-state index < -0.39 is 5.91 Å². The van der Waals surface area contributed by atoms with Crippen LogP contribution in [-0.4, -0.2) is 33.4 Å². The van der Waals surface area contributed by atoms with Gasteiger partial charge >= 0.3 is 0 Å². The highest BCUT2D eigenvalue weighted by Gasteiger charge is 2.16. The van der Waals surface area contributed by atoms with Gasteiger partial charge in [0.15, 0.2) is 5.69 Å². The Kier molecular flexibility index (Phi) is 6.03. The van der Waals surface area contributed by atoms with Crippen molar-refractivity contribution in [2.45, 2.75) is 13.5 Å². The fourth-order valence-electron chi connectivity index (χ4n) is 2.60. The normalized spacial score (nSPS) is 10.4. The molecule has 8 nitrogen and oxygen atoms in total. The van der Waals surface area contributed by atoms with E-state index in [9.17, 15) is 9.59 Å². The average molecular weight is 380 g/mol. The van der Waals surface area contributed by atoms with Gasteiger partial charge in [-0.25, -0.2) is 10.2 Å². The highest BCUT2D eigenvalue weighted by molar-refractivity contribution is 6.03. The van der Waals surface area contributed by atoms with Gasteiger partial charge in [-0.15, -0.1) is 0 Å². The van der Waals surface area contributed by atoms with Gasteiger partial charge < -0.3 is 10.1 Å². The number of benzene rings is 2. The third-order valence-corrected chi connectivity index (χ3v) is 3.95. The van der Waals surface area contributed by atoms with Gasteiger partial charge in [0.25, 0.3) is 11.8 Å². The number of para-hydroxylation sites is 1. The van der Waals surface area contributed by atoms with E-state index in [2.05, 4.69) is 10.4 Å². The summed E-state index contributed by atoms with van der Waals surface area (Å²) >= 11 is 0. The van der Waals surface area contributed by atoms with Crippen molar-refractivity contribution in [3.05, 3.63) is 77.5 Å². The number of anilines is 1. The van der Waals surface area contributed by atoms with Gasteiger partial charge in [0, 0.05) is 17.3 Å². The fourth-order valence-corrected chi connectivity index (χ4v) is 2.60. The molecule has 1 heterocycles. The number of amides is 2. The smallest absolute Gasteiger partial charge is 0.276 e. The van der Waals surface area contributed by atoms with Crippen molar-refractivity contribution in [3.63, 3.8) is 0 Å². The number of nitrogens with zero attached hydrogens (tertiary/aromatic N) is 2. The number of carbonyl (C=O) groups excluding carboxylic acids is 2. The summed E-state index contributed by atoms with van der Waals surface area (Å²) in [6, 6.07) is 17.4. The summed E-state index contributed by atoms with van der Waals surface area (Å²) in [6.45, 7) is 2.64. The molecule has 0 aliphatic carbocycles. The van der Waals surface area contributed by atoms with E-state index in [0.29, 0.717) is 30.3 Å². The van der Waals surface area contributed by atoms with Gasteiger partial charge in [-0.2, -0.15) is 5.10 Å². The zero-order valence-electron chi connectivity index (χ0n) is 15.3. The summed E-state index contributed by atoms with van der Waals surface area (Å²) in [4.78, 5) is 23.9. The van der Waals surface area contributed by atoms with Crippen LogP contribution in [0.2, 0.25) is 0 Å². The summed E-state index contributed by atoms with van der Waals surface area (Å²) < 4.78 is 7.18. The molecule has 0 aliphatic rings. The molecule has 3 N–H and O–H groups in total. The van der Waals surface area contributed by atoms with Crippen molar-refractivity contribution in [2.75, 3.05) is 11.9 Å². The van der Waals surface area contributed by atoms with Crippen LogP contribution >= 0.6 is 0 Å². The molecule has 8 heteroatoms. The van der Waals surface area contributed by atoms with Crippen LogP contribution in [0.3, 0.4) is 0 Å². The molecule has 28 heavy (non-hydrogen) atoms. The fraction of sp³-hybridized carbons (Fsp3) is 0.150. The summed E-state index contributed by atoms with van der Waals surface area (Å²) in [7, 11) is 0. The molecule has 0 radical (unpaired) electrons. The average Bonchev–Trinajstić information content (AvgIpc) is 3.11. The van der Waals surface area contributed by atoms with E-state index >= 15 is 0 Å². The van der Waals surface area contributed by atoms with Crippen molar-refractivity contribution in [1.82, 2.24) is 15.3 Å². The lowest BCUT2D eigenvalue weighted by molar-refractivity contribution is 0.0706. The molecule has 3 rings (SSSR count). The largest absolute Gasteiger partial charge is 0.478 e. The Morgan fingerprint density at radius 1 is 1.07 bits per heavy atom. The van der Waals surface area contributed by atoms with Crippen molar-refractivity contribution >= 4 is 17.5 Å². The van der Waals surface area contributed by atoms with E-state index in [1.54, 1.807) is 52.6 Å². The Hall–Kier alpha value is -3.65. The maximum absolute atomic E-state index is 12.5. The number of carbonyl (C=O) groups is 2. The van der Waals surface area contributed by atoms with Gasteiger partial charge in [-0.3, -0.25) is 14.8 Å². The molecule has 144 valence electrons. The zero-order valence-corrected chi connectivity index (χ0v) is 15.3. The van der Waals surface area contributed by atoms with Crippen LogP contribution in [0, 0.1) is 0 Å². The van der Waals surface area contributed by atoms with Crippen LogP contribution < -0.4 is 15.5 Å². The van der Waals surface area contributed by atoms with Crippen molar-refractivity contribution < 1.29 is 19.5 Å². The number of nitrogens with one attached hydrogen (secondary N) is 2. The maximum Gasteiger partial charge on any atom is 0.276 e. The highest BCUT2D eigenvalue weighted by Crippen LogP contribution is 2.18. The van der Waals surface area contributed by atoms with Crippen LogP contribution in [0.25, 0.3) is 0 Å². The van der Waals surface area contributed by atoms with Crippen LogP contribution in [0.4, 0.5) is 5.69 Å². The van der Waals surface area contributed by atoms with Crippen molar-refractivity contribution in [1.29, 1.82) is 0 Å². The maximum atomic E-state index is 12.5. The second-order valence-electron chi connectivity index (χ2n) is 5.92. The first-order valence-electron chi connectivity index (χ1n) is 8.71. The van der Waals surface area contributed by atoms with E-state index in [1.807, 2.05) is 25.1 Å². The lowest BCUT2D eigenvalue weighted by Crippen LogP contribution is -2.18. The first kappa shape index (κ1) is 19.1. The standard InChI is InChI=1S/C20H20N4O4/c1-2-28-18-12-17(20(26)21-16-6-4-3-5-7-16)22-24(18)13-14-8-10-15(11-9-14)19(25)23-27/h3-12,27H,2,13H2,1H3,(H,21,26)(H,23,25). The summed E-state index contributed by atoms with van der Waals surface area (Å²) in [6.07, 6.45) is 0. The quantitative estimate of drug-likeness (QED) is 0.432. The number of ether oxygens (including phenoxy) is 1. The third kappa shape index (κ3) is 4.54. The number of hydrogen-bond donors (Lipinski definition) is 3. The lowest BCUT2D eigenvalue weighted by atomic mass is 10.1. The minimum absolute atomic E-state index is 0.239. The van der Waals surface area contributed by atoms with E-state index in [1.165, 1.54) is 0 Å².